The standard InChI is InChI=1S/C19H29BF2O2/c1-18(2)9-10-20(24-19(18,3)4)17-15(21)12-14(13-16(17)22)8-6-7-11-23-5/h12-13H,6-11H2,1-5H3. The average Bonchev–Trinajstić information content (AvgIpc) is 2.47. The van der Waals surface area contributed by atoms with Gasteiger partial charge in [-0.3, -0.25) is 0 Å². The Labute approximate surface area is 145 Å². The van der Waals surface area contributed by atoms with Crippen LogP contribution >= 0.6 is 0 Å². The molecule has 0 N–H and O–H groups in total. The normalized spacial score (nSPS) is 19.5. The van der Waals surface area contributed by atoms with E-state index in [0.717, 1.165) is 19.3 Å². The highest BCUT2D eigenvalue weighted by Gasteiger charge is 2.46. The van der Waals surface area contributed by atoms with Crippen molar-refractivity contribution in [2.24, 2.45) is 5.41 Å². The third-order valence-electron chi connectivity index (χ3n) is 5.62. The number of benzene rings is 1. The Bertz CT molecular complexity index is 549. The van der Waals surface area contributed by atoms with Crippen LogP contribution in [-0.4, -0.2) is 26.2 Å². The van der Waals surface area contributed by atoms with Crippen LogP contribution in [0.4, 0.5) is 8.78 Å². The quantitative estimate of drug-likeness (QED) is 0.567. The number of ether oxygens (including phenoxy) is 1. The summed E-state index contributed by atoms with van der Waals surface area (Å²) < 4.78 is 40.2. The van der Waals surface area contributed by atoms with Crippen molar-refractivity contribution in [2.75, 3.05) is 13.7 Å². The molecule has 0 aliphatic carbocycles. The molecule has 134 valence electrons. The molecular weight excluding hydrogens is 309 g/mol. The SMILES string of the molecule is COCCCCc1cc(F)c(B2CCC(C)(C)C(C)(C)O2)c(F)c1. The molecule has 2 rings (SSSR count). The molecule has 5 heteroatoms. The first-order valence-corrected chi connectivity index (χ1v) is 8.82. The summed E-state index contributed by atoms with van der Waals surface area (Å²) in [5.41, 5.74) is 0.338. The number of unbranched alkanes of at least 4 members (excludes halogenated alkanes) is 1. The van der Waals surface area contributed by atoms with E-state index in [1.807, 2.05) is 13.8 Å². The summed E-state index contributed by atoms with van der Waals surface area (Å²) >= 11 is 0. The Morgan fingerprint density at radius 3 is 2.29 bits per heavy atom. The molecule has 1 aliphatic rings. The van der Waals surface area contributed by atoms with Crippen molar-refractivity contribution in [3.05, 3.63) is 29.3 Å². The Morgan fingerprint density at radius 1 is 1.12 bits per heavy atom. The zero-order valence-electron chi connectivity index (χ0n) is 15.5. The van der Waals surface area contributed by atoms with Crippen LogP contribution in [0.2, 0.25) is 6.32 Å². The second-order valence-electron chi connectivity index (χ2n) is 7.96. The molecule has 0 radical (unpaired) electrons. The van der Waals surface area contributed by atoms with Crippen LogP contribution < -0.4 is 5.46 Å². The first-order chi connectivity index (χ1) is 11.2. The average molecular weight is 338 g/mol. The van der Waals surface area contributed by atoms with Crippen molar-refractivity contribution in [3.8, 4) is 0 Å². The molecule has 0 aromatic heterocycles. The Hall–Kier alpha value is -0.935. The summed E-state index contributed by atoms with van der Waals surface area (Å²) in [5.74, 6) is -0.977. The number of halogens is 2. The summed E-state index contributed by atoms with van der Waals surface area (Å²) in [4.78, 5) is 0. The van der Waals surface area contributed by atoms with E-state index in [9.17, 15) is 8.78 Å². The molecule has 0 amide bonds. The van der Waals surface area contributed by atoms with Crippen LogP contribution in [0.25, 0.3) is 0 Å². The Morgan fingerprint density at radius 2 is 1.75 bits per heavy atom. The maximum absolute atomic E-state index is 14.6. The fraction of sp³-hybridized carbons (Fsp3) is 0.684. The second-order valence-corrected chi connectivity index (χ2v) is 7.96. The Balaban J connectivity index is 2.14. The van der Waals surface area contributed by atoms with Gasteiger partial charge in [-0.1, -0.05) is 13.8 Å². The highest BCUT2D eigenvalue weighted by atomic mass is 19.1. The van der Waals surface area contributed by atoms with Crippen LogP contribution in [0, 0.1) is 17.0 Å². The summed E-state index contributed by atoms with van der Waals surface area (Å²) in [6.07, 6.45) is 3.91. The van der Waals surface area contributed by atoms with Gasteiger partial charge < -0.3 is 9.39 Å². The third kappa shape index (κ3) is 4.18. The van der Waals surface area contributed by atoms with E-state index >= 15 is 0 Å². The summed E-state index contributed by atoms with van der Waals surface area (Å²) in [7, 11) is 1.65. The van der Waals surface area contributed by atoms with Crippen molar-refractivity contribution < 1.29 is 18.2 Å². The largest absolute Gasteiger partial charge is 0.425 e. The van der Waals surface area contributed by atoms with Crippen LogP contribution in [0.1, 0.15) is 52.5 Å². The highest BCUT2D eigenvalue weighted by Crippen LogP contribution is 2.43. The van der Waals surface area contributed by atoms with E-state index in [2.05, 4.69) is 13.8 Å². The first-order valence-electron chi connectivity index (χ1n) is 8.82. The maximum atomic E-state index is 14.6. The molecule has 0 bridgehead atoms. The molecule has 1 fully saturated rings. The topological polar surface area (TPSA) is 18.5 Å². The van der Waals surface area contributed by atoms with Gasteiger partial charge in [0.15, 0.2) is 0 Å². The summed E-state index contributed by atoms with van der Waals surface area (Å²) in [6.45, 7) is 8.43. The van der Waals surface area contributed by atoms with E-state index in [-0.39, 0.29) is 10.9 Å². The van der Waals surface area contributed by atoms with Crippen LogP contribution in [-0.2, 0) is 15.8 Å². The van der Waals surface area contributed by atoms with E-state index < -0.39 is 24.2 Å². The molecule has 0 saturated carbocycles. The first kappa shape index (κ1) is 19.4. The van der Waals surface area contributed by atoms with Gasteiger partial charge in [-0.25, -0.2) is 8.78 Å². The van der Waals surface area contributed by atoms with E-state index in [1.165, 1.54) is 12.1 Å². The number of methoxy groups -OCH3 is 1. The van der Waals surface area contributed by atoms with E-state index in [0.29, 0.717) is 24.9 Å². The lowest BCUT2D eigenvalue weighted by atomic mass is 9.50. The lowest BCUT2D eigenvalue weighted by Gasteiger charge is -2.48. The van der Waals surface area contributed by atoms with Crippen molar-refractivity contribution >= 4 is 12.4 Å². The molecule has 0 atom stereocenters. The fourth-order valence-corrected chi connectivity index (χ4v) is 3.23. The van der Waals surface area contributed by atoms with Gasteiger partial charge in [0.25, 0.3) is 0 Å². The molecule has 0 spiro atoms. The van der Waals surface area contributed by atoms with Crippen molar-refractivity contribution in [2.45, 2.75) is 65.3 Å². The third-order valence-corrected chi connectivity index (χ3v) is 5.62. The van der Waals surface area contributed by atoms with Crippen molar-refractivity contribution in [1.82, 2.24) is 0 Å². The molecule has 24 heavy (non-hydrogen) atoms. The molecule has 1 aliphatic heterocycles. The van der Waals surface area contributed by atoms with Gasteiger partial charge in [0.2, 0.25) is 0 Å². The molecule has 1 aromatic carbocycles. The summed E-state index contributed by atoms with van der Waals surface area (Å²) in [5, 5.41) is 0. The van der Waals surface area contributed by atoms with Gasteiger partial charge in [0, 0.05) is 19.2 Å². The van der Waals surface area contributed by atoms with Gasteiger partial charge >= 0.3 is 6.92 Å². The molecule has 1 aromatic rings. The number of rotatable bonds is 6. The molecule has 2 nitrogen and oxygen atoms in total. The van der Waals surface area contributed by atoms with Gasteiger partial charge in [-0.05, 0) is 69.0 Å². The minimum absolute atomic E-state index is 0.0161. The monoisotopic (exact) mass is 338 g/mol. The predicted molar refractivity (Wildman–Crippen MR) is 94.9 cm³/mol. The number of hydrogen-bond acceptors (Lipinski definition) is 2. The molecule has 1 saturated heterocycles. The van der Waals surface area contributed by atoms with Gasteiger partial charge in [-0.15, -0.1) is 0 Å². The molecule has 1 heterocycles. The smallest absolute Gasteiger partial charge is 0.333 e. The fourth-order valence-electron chi connectivity index (χ4n) is 3.23. The molecular formula is C19H29BF2O2. The zero-order valence-corrected chi connectivity index (χ0v) is 15.5. The number of hydrogen-bond donors (Lipinski definition) is 0. The van der Waals surface area contributed by atoms with Gasteiger partial charge in [0.05, 0.1) is 5.60 Å². The lowest BCUT2D eigenvalue weighted by Crippen LogP contribution is -2.55. The predicted octanol–water partition coefficient (Wildman–Crippen LogP) is 4.36. The maximum Gasteiger partial charge on any atom is 0.333 e. The summed E-state index contributed by atoms with van der Waals surface area (Å²) in [6, 6.07) is 2.92. The van der Waals surface area contributed by atoms with Gasteiger partial charge in [-0.2, -0.15) is 0 Å². The van der Waals surface area contributed by atoms with Crippen molar-refractivity contribution in [1.29, 1.82) is 0 Å². The second kappa shape index (κ2) is 7.53. The highest BCUT2D eigenvalue weighted by molar-refractivity contribution is 6.67. The minimum atomic E-state index is -0.518. The minimum Gasteiger partial charge on any atom is -0.425 e. The van der Waals surface area contributed by atoms with Crippen LogP contribution in [0.15, 0.2) is 12.1 Å². The number of aryl methyl sites for hydroxylation is 1. The molecule has 0 unspecified atom stereocenters. The van der Waals surface area contributed by atoms with E-state index in [1.54, 1.807) is 7.11 Å². The van der Waals surface area contributed by atoms with Crippen LogP contribution in [0.3, 0.4) is 0 Å². The van der Waals surface area contributed by atoms with Crippen molar-refractivity contribution in [3.63, 3.8) is 0 Å². The Kier molecular flexibility index (Phi) is 6.08. The van der Waals surface area contributed by atoms with E-state index in [4.69, 9.17) is 9.39 Å². The zero-order chi connectivity index (χ0) is 18.0. The van der Waals surface area contributed by atoms with Gasteiger partial charge in [0.1, 0.15) is 11.6 Å². The lowest BCUT2D eigenvalue weighted by molar-refractivity contribution is -0.0313. The van der Waals surface area contributed by atoms with Crippen LogP contribution in [0.5, 0.6) is 0 Å².